The maximum atomic E-state index is 14.5. The van der Waals surface area contributed by atoms with Crippen molar-refractivity contribution >= 4 is 27.5 Å². The van der Waals surface area contributed by atoms with Crippen LogP contribution in [0.25, 0.3) is 0 Å². The molecule has 0 heterocycles. The first-order valence-corrected chi connectivity index (χ1v) is 19.3. The second-order valence-electron chi connectivity index (χ2n) is 16.0. The molecule has 48 heavy (non-hydrogen) atoms. The average molecular weight is 670 g/mol. The molecule has 7 nitrogen and oxygen atoms in total. The van der Waals surface area contributed by atoms with E-state index in [1.54, 1.807) is 4.90 Å². The van der Waals surface area contributed by atoms with Crippen molar-refractivity contribution < 1.29 is 18.0 Å². The third-order valence-corrected chi connectivity index (χ3v) is 11.8. The lowest BCUT2D eigenvalue weighted by molar-refractivity contribution is -0.140. The van der Waals surface area contributed by atoms with Gasteiger partial charge in [-0.2, -0.15) is 0 Å². The highest BCUT2D eigenvalue weighted by Crippen LogP contribution is 2.60. The van der Waals surface area contributed by atoms with E-state index in [9.17, 15) is 18.0 Å². The van der Waals surface area contributed by atoms with Gasteiger partial charge in [-0.15, -0.1) is 0 Å². The van der Waals surface area contributed by atoms with Crippen molar-refractivity contribution in [3.05, 3.63) is 101 Å². The van der Waals surface area contributed by atoms with Crippen molar-refractivity contribution in [1.29, 1.82) is 0 Å². The molecular formula is C40H51N3O4S. The largest absolute Gasteiger partial charge is 0.350 e. The van der Waals surface area contributed by atoms with Crippen LogP contribution >= 0.6 is 0 Å². The average Bonchev–Trinajstić information content (AvgIpc) is 3.00. The number of aryl methyl sites for hydroxylation is 1. The normalized spacial score (nSPS) is 23.8. The van der Waals surface area contributed by atoms with E-state index in [-0.39, 0.29) is 17.9 Å². The lowest BCUT2D eigenvalue weighted by Crippen LogP contribution is -2.56. The molecule has 8 heteroatoms. The number of hydrogen-bond acceptors (Lipinski definition) is 4. The number of nitrogens with one attached hydrogen (secondary N) is 1. The molecule has 4 saturated carbocycles. The van der Waals surface area contributed by atoms with E-state index in [1.165, 1.54) is 48.4 Å². The zero-order valence-electron chi connectivity index (χ0n) is 29.1. The van der Waals surface area contributed by atoms with Crippen LogP contribution in [-0.2, 0) is 38.0 Å². The summed E-state index contributed by atoms with van der Waals surface area (Å²) in [6, 6.07) is 24.6. The topological polar surface area (TPSA) is 86.8 Å². The molecule has 7 rings (SSSR count). The number of nitrogens with zero attached hydrogens (tertiary/aromatic N) is 2. The molecule has 4 aliphatic rings. The molecule has 0 radical (unpaired) electrons. The van der Waals surface area contributed by atoms with Crippen molar-refractivity contribution in [2.75, 3.05) is 17.1 Å². The number of sulfonamides is 1. The fourth-order valence-electron chi connectivity index (χ4n) is 9.07. The quantitative estimate of drug-likeness (QED) is 0.244. The smallest absolute Gasteiger partial charge is 0.244 e. The monoisotopic (exact) mass is 669 g/mol. The molecule has 0 spiro atoms. The Balaban J connectivity index is 1.31. The fourth-order valence-corrected chi connectivity index (χ4v) is 9.92. The molecule has 4 aliphatic carbocycles. The minimum Gasteiger partial charge on any atom is -0.350 e. The van der Waals surface area contributed by atoms with E-state index in [1.807, 2.05) is 94.4 Å². The van der Waals surface area contributed by atoms with Crippen molar-refractivity contribution in [3.8, 4) is 0 Å². The fraction of sp³-hybridized carbons (Fsp3) is 0.500. The number of amides is 2. The summed E-state index contributed by atoms with van der Waals surface area (Å²) in [4.78, 5) is 30.0. The summed E-state index contributed by atoms with van der Waals surface area (Å²) in [5.41, 5.74) is 4.25. The number of carbonyl (C=O) groups excluding carboxylic acids is 2. The van der Waals surface area contributed by atoms with Crippen molar-refractivity contribution in [3.63, 3.8) is 0 Å². The van der Waals surface area contributed by atoms with Gasteiger partial charge in [0.1, 0.15) is 12.6 Å². The van der Waals surface area contributed by atoms with Crippen molar-refractivity contribution in [2.24, 2.45) is 17.8 Å². The van der Waals surface area contributed by atoms with Crippen LogP contribution in [0.3, 0.4) is 0 Å². The minimum atomic E-state index is -3.83. The maximum Gasteiger partial charge on any atom is 0.244 e. The number of anilines is 1. The lowest BCUT2D eigenvalue weighted by Gasteiger charge is -2.57. The molecule has 3 aromatic rings. The van der Waals surface area contributed by atoms with Gasteiger partial charge < -0.3 is 10.2 Å². The van der Waals surface area contributed by atoms with Crippen molar-refractivity contribution in [2.45, 2.75) is 96.2 Å². The summed E-state index contributed by atoms with van der Waals surface area (Å²) in [5.74, 6) is 1.70. The first kappa shape index (κ1) is 34.2. The van der Waals surface area contributed by atoms with E-state index < -0.39 is 34.1 Å². The van der Waals surface area contributed by atoms with Gasteiger partial charge in [-0.05, 0) is 118 Å². The molecule has 3 aromatic carbocycles. The molecule has 0 aliphatic heterocycles. The minimum absolute atomic E-state index is 0.165. The Morgan fingerprint density at radius 3 is 1.98 bits per heavy atom. The van der Waals surface area contributed by atoms with Gasteiger partial charge >= 0.3 is 0 Å². The van der Waals surface area contributed by atoms with Crippen LogP contribution in [0.2, 0.25) is 0 Å². The summed E-state index contributed by atoms with van der Waals surface area (Å²) in [6.45, 7) is 7.48. The number of hydrogen-bond donors (Lipinski definition) is 1. The van der Waals surface area contributed by atoms with Crippen LogP contribution in [-0.4, -0.2) is 49.5 Å². The van der Waals surface area contributed by atoms with E-state index >= 15 is 0 Å². The standard InChI is InChI=1S/C40H51N3O4S/c1-28-10-9-13-30(18-28)26-42(36(38(45)41-39(2,3)4)22-29-11-7-6-8-12-29)37(44)27-43(48(5,46)47)35-16-14-34(15-17-35)40-23-31-19-32(24-40)21-33(20-31)25-40/h6-18,31-33,36H,19-27H2,1-5H3,(H,41,45). The predicted molar refractivity (Wildman–Crippen MR) is 192 cm³/mol. The van der Waals surface area contributed by atoms with E-state index in [2.05, 4.69) is 17.4 Å². The molecule has 1 N–H and O–H groups in total. The Morgan fingerprint density at radius 1 is 0.854 bits per heavy atom. The third kappa shape index (κ3) is 7.80. The number of benzene rings is 3. The molecule has 4 fully saturated rings. The maximum absolute atomic E-state index is 14.5. The van der Waals surface area contributed by atoms with Crippen LogP contribution in [0.15, 0.2) is 78.9 Å². The molecular weight excluding hydrogens is 619 g/mol. The van der Waals surface area contributed by atoms with Gasteiger partial charge in [-0.25, -0.2) is 8.42 Å². The Bertz CT molecular complexity index is 1690. The number of rotatable bonds is 11. The zero-order valence-corrected chi connectivity index (χ0v) is 29.9. The van der Waals surface area contributed by atoms with E-state index in [0.717, 1.165) is 40.7 Å². The first-order valence-electron chi connectivity index (χ1n) is 17.5. The Kier molecular flexibility index (Phi) is 9.51. The molecule has 4 bridgehead atoms. The van der Waals surface area contributed by atoms with Crippen LogP contribution in [0.4, 0.5) is 5.69 Å². The summed E-state index contributed by atoms with van der Waals surface area (Å²) in [7, 11) is -3.83. The molecule has 1 atom stereocenters. The molecule has 256 valence electrons. The third-order valence-electron chi connectivity index (χ3n) is 10.7. The van der Waals surface area contributed by atoms with E-state index in [0.29, 0.717) is 12.1 Å². The highest BCUT2D eigenvalue weighted by atomic mass is 32.2. The van der Waals surface area contributed by atoms with Crippen LogP contribution in [0.5, 0.6) is 0 Å². The van der Waals surface area contributed by atoms with Gasteiger partial charge in [0.15, 0.2) is 0 Å². The van der Waals surface area contributed by atoms with Gasteiger partial charge in [0.2, 0.25) is 21.8 Å². The SMILES string of the molecule is Cc1cccc(CN(C(=O)CN(c2ccc(C34CC5CC(CC(C5)C3)C4)cc2)S(C)(=O)=O)C(Cc2ccccc2)C(=O)NC(C)(C)C)c1. The summed E-state index contributed by atoms with van der Waals surface area (Å²) < 4.78 is 27.9. The van der Waals surface area contributed by atoms with Crippen molar-refractivity contribution in [1.82, 2.24) is 10.2 Å². The lowest BCUT2D eigenvalue weighted by atomic mass is 9.48. The Hall–Kier alpha value is -3.65. The van der Waals surface area contributed by atoms with Crippen LogP contribution in [0, 0.1) is 24.7 Å². The van der Waals surface area contributed by atoms with Gasteiger partial charge in [0.25, 0.3) is 0 Å². The van der Waals surface area contributed by atoms with Crippen LogP contribution in [0.1, 0.15) is 81.5 Å². The Morgan fingerprint density at radius 2 is 1.44 bits per heavy atom. The molecule has 0 aromatic heterocycles. The summed E-state index contributed by atoms with van der Waals surface area (Å²) in [5, 5.41) is 3.08. The van der Waals surface area contributed by atoms with E-state index in [4.69, 9.17) is 0 Å². The van der Waals surface area contributed by atoms with Gasteiger partial charge in [-0.1, -0.05) is 72.3 Å². The van der Waals surface area contributed by atoms with Gasteiger partial charge in [0.05, 0.1) is 11.9 Å². The number of carbonyl (C=O) groups is 2. The Labute approximate surface area is 287 Å². The molecule has 1 unspecified atom stereocenters. The molecule has 2 amide bonds. The van der Waals surface area contributed by atoms with Crippen LogP contribution < -0.4 is 9.62 Å². The van der Waals surface area contributed by atoms with Gasteiger partial charge in [0, 0.05) is 18.5 Å². The highest BCUT2D eigenvalue weighted by Gasteiger charge is 2.51. The predicted octanol–water partition coefficient (Wildman–Crippen LogP) is 6.78. The highest BCUT2D eigenvalue weighted by molar-refractivity contribution is 7.92. The second kappa shape index (κ2) is 13.3. The zero-order chi connectivity index (χ0) is 34.3. The molecule has 0 saturated heterocycles. The second-order valence-corrected chi connectivity index (χ2v) is 17.9. The van der Waals surface area contributed by atoms with Gasteiger partial charge in [-0.3, -0.25) is 13.9 Å². The summed E-state index contributed by atoms with van der Waals surface area (Å²) >= 11 is 0. The summed E-state index contributed by atoms with van der Waals surface area (Å²) in [6.07, 6.45) is 9.18. The first-order chi connectivity index (χ1) is 22.7.